The maximum Gasteiger partial charge on any atom is 0.303 e. The van der Waals surface area contributed by atoms with E-state index in [0.29, 0.717) is 24.3 Å². The number of hydrogen-bond acceptors (Lipinski definition) is 2. The molecule has 1 atom stereocenters. The molecule has 0 amide bonds. The van der Waals surface area contributed by atoms with Gasteiger partial charge in [0.05, 0.1) is 0 Å². The van der Waals surface area contributed by atoms with Gasteiger partial charge < -0.3 is 5.11 Å². The van der Waals surface area contributed by atoms with E-state index in [1.54, 1.807) is 0 Å². The van der Waals surface area contributed by atoms with E-state index in [4.69, 9.17) is 5.11 Å². The lowest BCUT2D eigenvalue weighted by Crippen LogP contribution is -2.39. The average Bonchev–Trinajstić information content (AvgIpc) is 2.41. The predicted octanol–water partition coefficient (Wildman–Crippen LogP) is 3.57. The van der Waals surface area contributed by atoms with Crippen LogP contribution in [0.15, 0.2) is 30.3 Å². The number of carboxylic acid groups (broad SMARTS) is 1. The standard InChI is InChI=1S/C17H25NO2/c1-13(2)17(15-6-4-3-5-7-15)18-10-8-14(9-11-18)12-16(19)20/h3-7,13-14,17H,8-12H2,1-2H3,(H,19,20). The molecule has 0 aliphatic carbocycles. The third kappa shape index (κ3) is 3.83. The van der Waals surface area contributed by atoms with Crippen molar-refractivity contribution in [2.45, 2.75) is 39.2 Å². The topological polar surface area (TPSA) is 40.5 Å². The minimum atomic E-state index is -0.660. The third-order valence-corrected chi connectivity index (χ3v) is 4.28. The van der Waals surface area contributed by atoms with Gasteiger partial charge in [0.15, 0.2) is 0 Å². The van der Waals surface area contributed by atoms with Crippen LogP contribution in [-0.4, -0.2) is 29.1 Å². The molecule has 1 N–H and O–H groups in total. The van der Waals surface area contributed by atoms with Crippen molar-refractivity contribution in [3.63, 3.8) is 0 Å². The Kier molecular flexibility index (Phi) is 5.18. The highest BCUT2D eigenvalue weighted by atomic mass is 16.4. The lowest BCUT2D eigenvalue weighted by molar-refractivity contribution is -0.138. The van der Waals surface area contributed by atoms with Crippen molar-refractivity contribution in [1.82, 2.24) is 4.90 Å². The summed E-state index contributed by atoms with van der Waals surface area (Å²) < 4.78 is 0. The monoisotopic (exact) mass is 275 g/mol. The van der Waals surface area contributed by atoms with Crippen molar-refractivity contribution >= 4 is 5.97 Å². The summed E-state index contributed by atoms with van der Waals surface area (Å²) in [4.78, 5) is 13.3. The fourth-order valence-corrected chi connectivity index (χ4v) is 3.35. The number of benzene rings is 1. The van der Waals surface area contributed by atoms with Crippen LogP contribution in [0.1, 0.15) is 44.7 Å². The molecule has 0 saturated carbocycles. The van der Waals surface area contributed by atoms with Crippen LogP contribution in [0.5, 0.6) is 0 Å². The fraction of sp³-hybridized carbons (Fsp3) is 0.588. The molecule has 1 heterocycles. The van der Waals surface area contributed by atoms with Crippen LogP contribution in [-0.2, 0) is 4.79 Å². The Morgan fingerprint density at radius 2 is 1.85 bits per heavy atom. The summed E-state index contributed by atoms with van der Waals surface area (Å²) in [6.45, 7) is 6.55. The second kappa shape index (κ2) is 6.89. The van der Waals surface area contributed by atoms with Gasteiger partial charge in [-0.2, -0.15) is 0 Å². The van der Waals surface area contributed by atoms with Gasteiger partial charge in [-0.1, -0.05) is 44.2 Å². The van der Waals surface area contributed by atoms with Crippen molar-refractivity contribution < 1.29 is 9.90 Å². The first-order valence-corrected chi connectivity index (χ1v) is 7.58. The highest BCUT2D eigenvalue weighted by molar-refractivity contribution is 5.67. The molecule has 20 heavy (non-hydrogen) atoms. The molecule has 1 fully saturated rings. The third-order valence-electron chi connectivity index (χ3n) is 4.28. The summed E-state index contributed by atoms with van der Waals surface area (Å²) >= 11 is 0. The number of carbonyl (C=O) groups is 1. The van der Waals surface area contributed by atoms with Crippen molar-refractivity contribution in [3.05, 3.63) is 35.9 Å². The van der Waals surface area contributed by atoms with E-state index in [9.17, 15) is 4.79 Å². The van der Waals surface area contributed by atoms with E-state index in [1.807, 2.05) is 0 Å². The van der Waals surface area contributed by atoms with Crippen LogP contribution in [0.3, 0.4) is 0 Å². The molecule has 2 rings (SSSR count). The van der Waals surface area contributed by atoms with E-state index in [1.165, 1.54) is 5.56 Å². The molecule has 1 unspecified atom stereocenters. The fourth-order valence-electron chi connectivity index (χ4n) is 3.35. The Morgan fingerprint density at radius 3 is 2.35 bits per heavy atom. The first-order valence-electron chi connectivity index (χ1n) is 7.58. The van der Waals surface area contributed by atoms with Crippen LogP contribution in [0, 0.1) is 11.8 Å². The Balaban J connectivity index is 2.01. The van der Waals surface area contributed by atoms with E-state index >= 15 is 0 Å². The summed E-state index contributed by atoms with van der Waals surface area (Å²) in [5.41, 5.74) is 1.37. The lowest BCUT2D eigenvalue weighted by Gasteiger charge is -2.39. The van der Waals surface area contributed by atoms with Crippen molar-refractivity contribution in [3.8, 4) is 0 Å². The molecule has 0 spiro atoms. The highest BCUT2D eigenvalue weighted by Crippen LogP contribution is 2.32. The summed E-state index contributed by atoms with van der Waals surface area (Å²) in [6.07, 6.45) is 2.33. The molecule has 3 heteroatoms. The first-order chi connectivity index (χ1) is 9.58. The molecule has 3 nitrogen and oxygen atoms in total. The predicted molar refractivity (Wildman–Crippen MR) is 80.6 cm³/mol. The second-order valence-electron chi connectivity index (χ2n) is 6.18. The maximum absolute atomic E-state index is 10.8. The Hall–Kier alpha value is -1.35. The smallest absolute Gasteiger partial charge is 0.303 e. The van der Waals surface area contributed by atoms with Gasteiger partial charge in [0, 0.05) is 12.5 Å². The number of piperidine rings is 1. The van der Waals surface area contributed by atoms with Crippen molar-refractivity contribution in [2.75, 3.05) is 13.1 Å². The zero-order valence-electron chi connectivity index (χ0n) is 12.5. The molecule has 1 aromatic rings. The number of hydrogen-bond donors (Lipinski definition) is 1. The minimum absolute atomic E-state index is 0.325. The first kappa shape index (κ1) is 15.0. The lowest BCUT2D eigenvalue weighted by atomic mass is 9.88. The normalized spacial score (nSPS) is 19.1. The quantitative estimate of drug-likeness (QED) is 0.893. The van der Waals surface area contributed by atoms with Gasteiger partial charge >= 0.3 is 5.97 Å². The van der Waals surface area contributed by atoms with Gasteiger partial charge in [0.25, 0.3) is 0 Å². The van der Waals surface area contributed by atoms with E-state index in [0.717, 1.165) is 25.9 Å². The molecular weight excluding hydrogens is 250 g/mol. The summed E-state index contributed by atoms with van der Waals surface area (Å²) in [5, 5.41) is 8.89. The zero-order chi connectivity index (χ0) is 14.5. The van der Waals surface area contributed by atoms with E-state index in [2.05, 4.69) is 49.1 Å². The average molecular weight is 275 g/mol. The van der Waals surface area contributed by atoms with Crippen molar-refractivity contribution in [1.29, 1.82) is 0 Å². The number of rotatable bonds is 5. The Labute approximate surface area is 121 Å². The molecule has 0 radical (unpaired) electrons. The zero-order valence-corrected chi connectivity index (χ0v) is 12.5. The number of nitrogens with zero attached hydrogens (tertiary/aromatic N) is 1. The van der Waals surface area contributed by atoms with Crippen LogP contribution >= 0.6 is 0 Å². The van der Waals surface area contributed by atoms with Gasteiger partial charge in [-0.25, -0.2) is 0 Å². The molecule has 1 saturated heterocycles. The molecule has 0 bridgehead atoms. The van der Waals surface area contributed by atoms with Gasteiger partial charge in [-0.3, -0.25) is 9.69 Å². The highest BCUT2D eigenvalue weighted by Gasteiger charge is 2.28. The van der Waals surface area contributed by atoms with Gasteiger partial charge in [0.1, 0.15) is 0 Å². The summed E-state index contributed by atoms with van der Waals surface area (Å²) in [5.74, 6) is 0.257. The molecular formula is C17H25NO2. The van der Waals surface area contributed by atoms with E-state index < -0.39 is 5.97 Å². The van der Waals surface area contributed by atoms with Crippen LogP contribution in [0.4, 0.5) is 0 Å². The number of carboxylic acids is 1. The SMILES string of the molecule is CC(C)C(c1ccccc1)N1CCC(CC(=O)O)CC1. The second-order valence-corrected chi connectivity index (χ2v) is 6.18. The Morgan fingerprint density at radius 1 is 1.25 bits per heavy atom. The number of likely N-dealkylation sites (tertiary alicyclic amines) is 1. The van der Waals surface area contributed by atoms with Gasteiger partial charge in [0.2, 0.25) is 0 Å². The van der Waals surface area contributed by atoms with Crippen LogP contribution < -0.4 is 0 Å². The van der Waals surface area contributed by atoms with Crippen molar-refractivity contribution in [2.24, 2.45) is 11.8 Å². The Bertz CT molecular complexity index is 422. The van der Waals surface area contributed by atoms with Crippen LogP contribution in [0.2, 0.25) is 0 Å². The largest absolute Gasteiger partial charge is 0.481 e. The summed E-state index contributed by atoms with van der Waals surface area (Å²) in [7, 11) is 0. The van der Waals surface area contributed by atoms with Crippen LogP contribution in [0.25, 0.3) is 0 Å². The molecule has 1 aromatic carbocycles. The molecule has 0 aromatic heterocycles. The minimum Gasteiger partial charge on any atom is -0.481 e. The van der Waals surface area contributed by atoms with Gasteiger partial charge in [-0.05, 0) is 43.3 Å². The summed E-state index contributed by atoms with van der Waals surface area (Å²) in [6, 6.07) is 11.1. The molecule has 110 valence electrons. The molecule has 1 aliphatic heterocycles. The van der Waals surface area contributed by atoms with E-state index in [-0.39, 0.29) is 0 Å². The molecule has 1 aliphatic rings. The maximum atomic E-state index is 10.8. The van der Waals surface area contributed by atoms with Gasteiger partial charge in [-0.15, -0.1) is 0 Å². The number of aliphatic carboxylic acids is 1.